The number of nitrogens with one attached hydrogen (secondary N) is 1. The van der Waals surface area contributed by atoms with Crippen LogP contribution in [0.25, 0.3) is 0 Å². The van der Waals surface area contributed by atoms with Crippen LogP contribution in [-0.2, 0) is 19.6 Å². The number of amides is 2. The van der Waals surface area contributed by atoms with E-state index in [1.54, 1.807) is 36.1 Å². The molecule has 34 heavy (non-hydrogen) atoms. The first-order valence-electron chi connectivity index (χ1n) is 12.4. The van der Waals surface area contributed by atoms with Gasteiger partial charge in [-0.15, -0.1) is 0 Å². The molecule has 3 rings (SSSR count). The summed E-state index contributed by atoms with van der Waals surface area (Å²) < 4.78 is 27.9. The van der Waals surface area contributed by atoms with Crippen molar-refractivity contribution in [2.75, 3.05) is 26.2 Å². The molecule has 188 valence electrons. The van der Waals surface area contributed by atoms with Crippen LogP contribution >= 0.6 is 0 Å². The Morgan fingerprint density at radius 2 is 1.88 bits per heavy atom. The van der Waals surface area contributed by atoms with Crippen molar-refractivity contribution < 1.29 is 18.0 Å². The average Bonchev–Trinajstić information content (AvgIpc) is 2.79. The van der Waals surface area contributed by atoms with Gasteiger partial charge in [-0.2, -0.15) is 4.31 Å². The molecule has 7 nitrogen and oxygen atoms in total. The van der Waals surface area contributed by atoms with Crippen molar-refractivity contribution in [3.63, 3.8) is 0 Å². The first-order chi connectivity index (χ1) is 16.0. The van der Waals surface area contributed by atoms with Gasteiger partial charge < -0.3 is 10.2 Å². The molecule has 2 amide bonds. The number of benzene rings is 1. The molecule has 1 aliphatic heterocycles. The van der Waals surface area contributed by atoms with Crippen LogP contribution in [-0.4, -0.2) is 61.2 Å². The normalized spacial score (nSPS) is 22.1. The predicted molar refractivity (Wildman–Crippen MR) is 134 cm³/mol. The van der Waals surface area contributed by atoms with Gasteiger partial charge in [0.1, 0.15) is 5.54 Å². The third kappa shape index (κ3) is 6.08. The van der Waals surface area contributed by atoms with Crippen molar-refractivity contribution in [3.8, 4) is 0 Å². The Balaban J connectivity index is 1.86. The maximum absolute atomic E-state index is 13.4. The smallest absolute Gasteiger partial charge is 0.247 e. The number of rotatable bonds is 9. The van der Waals surface area contributed by atoms with E-state index in [2.05, 4.69) is 25.2 Å². The second-order valence-electron chi connectivity index (χ2n) is 10.2. The first-order valence-corrected chi connectivity index (χ1v) is 13.8. The van der Waals surface area contributed by atoms with Crippen molar-refractivity contribution in [2.24, 2.45) is 5.92 Å². The van der Waals surface area contributed by atoms with Gasteiger partial charge in [-0.25, -0.2) is 8.42 Å². The number of hydrogen-bond acceptors (Lipinski definition) is 4. The van der Waals surface area contributed by atoms with Gasteiger partial charge in [-0.3, -0.25) is 9.59 Å². The van der Waals surface area contributed by atoms with E-state index in [1.807, 2.05) is 6.92 Å². The molecule has 0 aromatic heterocycles. The van der Waals surface area contributed by atoms with Crippen LogP contribution in [0.15, 0.2) is 40.8 Å². The van der Waals surface area contributed by atoms with E-state index < -0.39 is 15.6 Å². The van der Waals surface area contributed by atoms with Crippen molar-refractivity contribution in [1.29, 1.82) is 0 Å². The van der Waals surface area contributed by atoms with Gasteiger partial charge in [0.2, 0.25) is 21.8 Å². The summed E-state index contributed by atoms with van der Waals surface area (Å²) >= 11 is 0. The summed E-state index contributed by atoms with van der Waals surface area (Å²) in [7, 11) is -3.91. The summed E-state index contributed by atoms with van der Waals surface area (Å²) in [6, 6.07) is 6.58. The van der Waals surface area contributed by atoms with Crippen LogP contribution in [0.2, 0.25) is 0 Å². The predicted octanol–water partition coefficient (Wildman–Crippen LogP) is 3.64. The topological polar surface area (TPSA) is 86.8 Å². The van der Waals surface area contributed by atoms with Gasteiger partial charge in [0, 0.05) is 19.6 Å². The van der Waals surface area contributed by atoms with Crippen molar-refractivity contribution in [3.05, 3.63) is 41.5 Å². The molecule has 1 aromatic rings. The molecule has 1 N–H and O–H groups in total. The second kappa shape index (κ2) is 11.0. The maximum Gasteiger partial charge on any atom is 0.247 e. The van der Waals surface area contributed by atoms with E-state index in [0.717, 1.165) is 31.2 Å². The number of nitrogens with zero attached hydrogens (tertiary/aromatic N) is 2. The third-order valence-electron chi connectivity index (χ3n) is 6.89. The lowest BCUT2D eigenvalue weighted by Crippen LogP contribution is -2.69. The standard InChI is InChI=1S/C26H39N3O4S/c1-20(2)14-16-27-25(31)26(4)19-28(34(32,33)23-12-10-21(3)11-13-23)18-24(30)29(26)17-15-22-8-6-5-7-9-22/h8,10-13,20H,5-7,9,14-19H2,1-4H3,(H,27,31)/t26-/m0/s1. The monoisotopic (exact) mass is 489 g/mol. The van der Waals surface area contributed by atoms with E-state index in [0.29, 0.717) is 25.4 Å². The number of hydrogen-bond donors (Lipinski definition) is 1. The largest absolute Gasteiger partial charge is 0.354 e. The van der Waals surface area contributed by atoms with Gasteiger partial charge in [0.15, 0.2) is 0 Å². The fourth-order valence-electron chi connectivity index (χ4n) is 4.64. The minimum absolute atomic E-state index is 0.0679. The Bertz CT molecular complexity index is 1020. The molecule has 0 unspecified atom stereocenters. The Morgan fingerprint density at radius 3 is 2.50 bits per heavy atom. The summed E-state index contributed by atoms with van der Waals surface area (Å²) in [5.41, 5.74) is 0.988. The van der Waals surface area contributed by atoms with Gasteiger partial charge in [-0.05, 0) is 70.4 Å². The highest BCUT2D eigenvalue weighted by atomic mass is 32.2. The maximum atomic E-state index is 13.4. The summed E-state index contributed by atoms with van der Waals surface area (Å²) in [4.78, 5) is 28.5. The molecule has 2 aliphatic rings. The number of carbonyl (C=O) groups is 2. The molecule has 1 saturated heterocycles. The molecule has 8 heteroatoms. The fraction of sp³-hybridized carbons (Fsp3) is 0.615. The molecule has 1 heterocycles. The highest BCUT2D eigenvalue weighted by Gasteiger charge is 2.50. The SMILES string of the molecule is Cc1ccc(S(=O)(=O)N2CC(=O)N(CCC3=CCCCC3)[C@](C)(C(=O)NCCC(C)C)C2)cc1. The lowest BCUT2D eigenvalue weighted by molar-refractivity contribution is -0.152. The van der Waals surface area contributed by atoms with Crippen LogP contribution < -0.4 is 5.32 Å². The van der Waals surface area contributed by atoms with Gasteiger partial charge >= 0.3 is 0 Å². The molecule has 1 aromatic carbocycles. The molecule has 0 spiro atoms. The lowest BCUT2D eigenvalue weighted by Gasteiger charge is -2.47. The quantitative estimate of drug-likeness (QED) is 0.537. The Labute approximate surface area is 204 Å². The van der Waals surface area contributed by atoms with E-state index in [9.17, 15) is 18.0 Å². The fourth-order valence-corrected chi connectivity index (χ4v) is 6.12. The third-order valence-corrected chi connectivity index (χ3v) is 8.70. The summed E-state index contributed by atoms with van der Waals surface area (Å²) in [6.07, 6.45) is 8.18. The van der Waals surface area contributed by atoms with E-state index in [1.165, 1.54) is 16.3 Å². The minimum atomic E-state index is -3.91. The Kier molecular flexibility index (Phi) is 8.57. The lowest BCUT2D eigenvalue weighted by atomic mass is 9.92. The second-order valence-corrected chi connectivity index (χ2v) is 12.1. The Morgan fingerprint density at radius 1 is 1.18 bits per heavy atom. The minimum Gasteiger partial charge on any atom is -0.354 e. The van der Waals surface area contributed by atoms with Crippen LogP contribution in [0.1, 0.15) is 64.9 Å². The van der Waals surface area contributed by atoms with Gasteiger partial charge in [-0.1, -0.05) is 43.2 Å². The summed E-state index contributed by atoms with van der Waals surface area (Å²) in [5.74, 6) is -0.211. The zero-order chi connectivity index (χ0) is 24.9. The zero-order valence-electron chi connectivity index (χ0n) is 21.0. The average molecular weight is 490 g/mol. The summed E-state index contributed by atoms with van der Waals surface area (Å²) in [6.45, 7) is 8.32. The molecule has 0 radical (unpaired) electrons. The molecule has 1 atom stereocenters. The number of allylic oxidation sites excluding steroid dienone is 1. The van der Waals surface area contributed by atoms with Crippen LogP contribution in [0.5, 0.6) is 0 Å². The molecule has 0 bridgehead atoms. The van der Waals surface area contributed by atoms with Crippen LogP contribution in [0.4, 0.5) is 0 Å². The molecular weight excluding hydrogens is 450 g/mol. The highest BCUT2D eigenvalue weighted by molar-refractivity contribution is 7.89. The van der Waals surface area contributed by atoms with Crippen molar-refractivity contribution >= 4 is 21.8 Å². The molecule has 1 fully saturated rings. The number of sulfonamides is 1. The zero-order valence-corrected chi connectivity index (χ0v) is 21.8. The van der Waals surface area contributed by atoms with Gasteiger partial charge in [0.25, 0.3) is 0 Å². The molecule has 1 aliphatic carbocycles. The Hall–Kier alpha value is -2.19. The van der Waals surface area contributed by atoms with Crippen LogP contribution in [0.3, 0.4) is 0 Å². The van der Waals surface area contributed by atoms with E-state index in [-0.39, 0.29) is 29.8 Å². The summed E-state index contributed by atoms with van der Waals surface area (Å²) in [5, 5.41) is 2.96. The number of aryl methyl sites for hydroxylation is 1. The first kappa shape index (κ1) is 26.4. The van der Waals surface area contributed by atoms with Gasteiger partial charge in [0.05, 0.1) is 11.4 Å². The van der Waals surface area contributed by atoms with E-state index in [4.69, 9.17) is 0 Å². The van der Waals surface area contributed by atoms with Crippen molar-refractivity contribution in [1.82, 2.24) is 14.5 Å². The number of carbonyl (C=O) groups excluding carboxylic acids is 2. The van der Waals surface area contributed by atoms with Crippen LogP contribution in [0, 0.1) is 12.8 Å². The van der Waals surface area contributed by atoms with E-state index >= 15 is 0 Å². The number of piperazine rings is 1. The van der Waals surface area contributed by atoms with Crippen molar-refractivity contribution in [2.45, 2.75) is 76.7 Å². The molecule has 0 saturated carbocycles. The highest BCUT2D eigenvalue weighted by Crippen LogP contribution is 2.29. The molecular formula is C26H39N3O4S.